The second-order valence-corrected chi connectivity index (χ2v) is 5.85. The van der Waals surface area contributed by atoms with Crippen molar-refractivity contribution in [2.45, 2.75) is 25.8 Å². The predicted octanol–water partition coefficient (Wildman–Crippen LogP) is 0.890. The topological polar surface area (TPSA) is 105 Å². The molecule has 1 saturated heterocycles. The van der Waals surface area contributed by atoms with E-state index in [1.807, 2.05) is 18.2 Å². The number of carbonyl (C=O) groups is 2. The van der Waals surface area contributed by atoms with E-state index in [9.17, 15) is 9.59 Å². The number of likely N-dealkylation sites (tertiary alicyclic amines) is 1. The molecule has 0 saturated carbocycles. The van der Waals surface area contributed by atoms with Crippen molar-refractivity contribution >= 4 is 22.7 Å². The molecular formula is C16H20N4O2. The van der Waals surface area contributed by atoms with Gasteiger partial charge in [-0.15, -0.1) is 0 Å². The Morgan fingerprint density at radius 3 is 2.55 bits per heavy atom. The van der Waals surface area contributed by atoms with Gasteiger partial charge in [0.2, 0.25) is 5.91 Å². The zero-order valence-electron chi connectivity index (χ0n) is 12.4. The van der Waals surface area contributed by atoms with Crippen LogP contribution in [0.15, 0.2) is 18.2 Å². The number of carbonyl (C=O) groups excluding carboxylic acids is 2. The maximum atomic E-state index is 11.7. The first-order valence-electron chi connectivity index (χ1n) is 7.48. The fraction of sp³-hybridized carbons (Fsp3) is 0.375. The number of amides is 2. The van der Waals surface area contributed by atoms with Gasteiger partial charge in [-0.05, 0) is 37.6 Å². The van der Waals surface area contributed by atoms with E-state index in [-0.39, 0.29) is 6.42 Å². The summed E-state index contributed by atoms with van der Waals surface area (Å²) in [5, 5.41) is 0.744. The normalized spacial score (nSPS) is 15.5. The highest BCUT2D eigenvalue weighted by Gasteiger charge is 2.18. The molecular weight excluding hydrogens is 280 g/mol. The van der Waals surface area contributed by atoms with Gasteiger partial charge >= 0.3 is 0 Å². The number of aromatic amines is 1. The number of nitrogens with two attached hydrogens (primary N) is 2. The van der Waals surface area contributed by atoms with Crippen molar-refractivity contribution in [1.29, 1.82) is 0 Å². The molecule has 22 heavy (non-hydrogen) atoms. The number of nitrogens with one attached hydrogen (secondary N) is 1. The van der Waals surface area contributed by atoms with E-state index >= 15 is 0 Å². The van der Waals surface area contributed by atoms with Crippen LogP contribution in [-0.4, -0.2) is 34.8 Å². The van der Waals surface area contributed by atoms with Gasteiger partial charge in [0.05, 0.1) is 12.0 Å². The van der Waals surface area contributed by atoms with Crippen LogP contribution in [0.2, 0.25) is 0 Å². The molecule has 0 unspecified atom stereocenters. The number of benzene rings is 1. The summed E-state index contributed by atoms with van der Waals surface area (Å²) in [5.74, 6) is -1.04. The van der Waals surface area contributed by atoms with Crippen molar-refractivity contribution in [1.82, 2.24) is 9.88 Å². The molecule has 6 nitrogen and oxygen atoms in total. The van der Waals surface area contributed by atoms with Gasteiger partial charge in [0.25, 0.3) is 5.91 Å². The summed E-state index contributed by atoms with van der Waals surface area (Å²) in [6, 6.07) is 5.92. The largest absolute Gasteiger partial charge is 0.369 e. The van der Waals surface area contributed by atoms with Gasteiger partial charge < -0.3 is 16.5 Å². The lowest BCUT2D eigenvalue weighted by atomic mass is 10.1. The Hall–Kier alpha value is -2.34. The monoisotopic (exact) mass is 300 g/mol. The van der Waals surface area contributed by atoms with Gasteiger partial charge in [0, 0.05) is 23.1 Å². The molecule has 1 aromatic carbocycles. The van der Waals surface area contributed by atoms with Gasteiger partial charge in [-0.25, -0.2) is 0 Å². The number of fused-ring (bicyclic) bond motifs is 1. The number of primary amides is 2. The van der Waals surface area contributed by atoms with Crippen LogP contribution >= 0.6 is 0 Å². The Morgan fingerprint density at radius 2 is 1.91 bits per heavy atom. The maximum Gasteiger partial charge on any atom is 0.251 e. The number of nitrogens with zero attached hydrogens (tertiary/aromatic N) is 1. The summed E-state index contributed by atoms with van der Waals surface area (Å²) in [4.78, 5) is 28.4. The molecule has 5 N–H and O–H groups in total. The van der Waals surface area contributed by atoms with Gasteiger partial charge in [-0.2, -0.15) is 0 Å². The standard InChI is InChI=1S/C16H20N4O2/c17-14(21)8-13-15(16(18)22)11-4-3-10(7-12(11)19-13)9-20-5-1-2-6-20/h3-4,7,19H,1-2,5-6,8-9H2,(H2,17,21)(H2,18,22). The summed E-state index contributed by atoms with van der Waals surface area (Å²) in [7, 11) is 0. The number of H-pyrrole nitrogens is 1. The Labute approximate surface area is 128 Å². The van der Waals surface area contributed by atoms with E-state index in [4.69, 9.17) is 11.5 Å². The third-order valence-electron chi connectivity index (χ3n) is 4.14. The molecule has 1 fully saturated rings. The zero-order valence-corrected chi connectivity index (χ0v) is 12.4. The van der Waals surface area contributed by atoms with Gasteiger partial charge in [-0.1, -0.05) is 12.1 Å². The average Bonchev–Trinajstić information content (AvgIpc) is 3.04. The molecule has 6 heteroatoms. The van der Waals surface area contributed by atoms with Crippen molar-refractivity contribution in [2.24, 2.45) is 11.5 Å². The molecule has 0 aliphatic carbocycles. The van der Waals surface area contributed by atoms with Crippen LogP contribution in [0.25, 0.3) is 10.9 Å². The summed E-state index contributed by atoms with van der Waals surface area (Å²) in [5.41, 5.74) is 13.5. The molecule has 3 rings (SSSR count). The molecule has 0 spiro atoms. The molecule has 2 heterocycles. The van der Waals surface area contributed by atoms with Crippen molar-refractivity contribution < 1.29 is 9.59 Å². The van der Waals surface area contributed by atoms with Crippen LogP contribution in [0, 0.1) is 0 Å². The van der Waals surface area contributed by atoms with Gasteiger partial charge in [-0.3, -0.25) is 14.5 Å². The van der Waals surface area contributed by atoms with Crippen molar-refractivity contribution in [3.8, 4) is 0 Å². The molecule has 0 bridgehead atoms. The minimum absolute atomic E-state index is 0.0194. The third-order valence-corrected chi connectivity index (χ3v) is 4.14. The molecule has 2 aromatic rings. The van der Waals surface area contributed by atoms with Crippen molar-refractivity contribution in [2.75, 3.05) is 13.1 Å². The molecule has 1 aliphatic rings. The smallest absolute Gasteiger partial charge is 0.251 e. The Kier molecular flexibility index (Phi) is 3.85. The fourth-order valence-electron chi connectivity index (χ4n) is 3.19. The second-order valence-electron chi connectivity index (χ2n) is 5.85. The molecule has 2 amide bonds. The van der Waals surface area contributed by atoms with E-state index in [0.29, 0.717) is 11.3 Å². The number of hydrogen-bond donors (Lipinski definition) is 3. The first-order valence-corrected chi connectivity index (χ1v) is 7.48. The third kappa shape index (κ3) is 2.82. The van der Waals surface area contributed by atoms with Crippen LogP contribution < -0.4 is 11.5 Å². The lowest BCUT2D eigenvalue weighted by Gasteiger charge is -2.14. The van der Waals surface area contributed by atoms with Gasteiger partial charge in [0.15, 0.2) is 0 Å². The predicted molar refractivity (Wildman–Crippen MR) is 84.2 cm³/mol. The molecule has 1 aliphatic heterocycles. The van der Waals surface area contributed by atoms with E-state index in [2.05, 4.69) is 9.88 Å². The average molecular weight is 300 g/mol. The van der Waals surface area contributed by atoms with Crippen LogP contribution in [0.4, 0.5) is 0 Å². The Balaban J connectivity index is 1.97. The van der Waals surface area contributed by atoms with Crippen molar-refractivity contribution in [3.63, 3.8) is 0 Å². The SMILES string of the molecule is NC(=O)Cc1[nH]c2cc(CN3CCCC3)ccc2c1C(N)=O. The summed E-state index contributed by atoms with van der Waals surface area (Å²) in [6.45, 7) is 3.15. The van der Waals surface area contributed by atoms with Crippen LogP contribution in [0.3, 0.4) is 0 Å². The highest BCUT2D eigenvalue weighted by Crippen LogP contribution is 2.25. The molecule has 116 valence electrons. The van der Waals surface area contributed by atoms with E-state index < -0.39 is 11.8 Å². The minimum Gasteiger partial charge on any atom is -0.369 e. The highest BCUT2D eigenvalue weighted by molar-refractivity contribution is 6.08. The van der Waals surface area contributed by atoms with Crippen LogP contribution in [0.5, 0.6) is 0 Å². The molecule has 0 radical (unpaired) electrons. The molecule has 0 atom stereocenters. The lowest BCUT2D eigenvalue weighted by molar-refractivity contribution is -0.117. The summed E-state index contributed by atoms with van der Waals surface area (Å²) >= 11 is 0. The lowest BCUT2D eigenvalue weighted by Crippen LogP contribution is -2.18. The maximum absolute atomic E-state index is 11.7. The van der Waals surface area contributed by atoms with E-state index in [0.717, 1.165) is 30.5 Å². The first kappa shape index (κ1) is 14.6. The Morgan fingerprint density at radius 1 is 1.18 bits per heavy atom. The number of rotatable bonds is 5. The molecule has 1 aromatic heterocycles. The summed E-state index contributed by atoms with van der Waals surface area (Å²) < 4.78 is 0. The van der Waals surface area contributed by atoms with Gasteiger partial charge in [0.1, 0.15) is 0 Å². The second kappa shape index (κ2) is 5.81. The zero-order chi connectivity index (χ0) is 15.7. The number of aromatic nitrogens is 1. The van der Waals surface area contributed by atoms with E-state index in [1.165, 1.54) is 18.4 Å². The fourth-order valence-corrected chi connectivity index (χ4v) is 3.19. The van der Waals surface area contributed by atoms with Crippen molar-refractivity contribution in [3.05, 3.63) is 35.0 Å². The Bertz CT molecular complexity index is 729. The van der Waals surface area contributed by atoms with Crippen LogP contribution in [-0.2, 0) is 17.8 Å². The van der Waals surface area contributed by atoms with E-state index in [1.54, 1.807) is 0 Å². The highest BCUT2D eigenvalue weighted by atomic mass is 16.1. The number of hydrogen-bond acceptors (Lipinski definition) is 3. The quantitative estimate of drug-likeness (QED) is 0.763. The summed E-state index contributed by atoms with van der Waals surface area (Å²) in [6.07, 6.45) is 2.48. The minimum atomic E-state index is -0.546. The first-order chi connectivity index (χ1) is 10.5. The van der Waals surface area contributed by atoms with Crippen LogP contribution in [0.1, 0.15) is 34.5 Å².